The molecule has 0 spiro atoms. The van der Waals surface area contributed by atoms with Crippen LogP contribution in [0.3, 0.4) is 0 Å². The fraction of sp³-hybridized carbons (Fsp3) is 0.391. The SMILES string of the molecule is COc1ccc(OC)c([C@@H]2CCCN2C(=O)c2ccc(Cl)c(N3CCCC3=O)c2)c1. The van der Waals surface area contributed by atoms with Crippen LogP contribution in [0, 0.1) is 0 Å². The molecule has 30 heavy (non-hydrogen) atoms. The first-order chi connectivity index (χ1) is 14.5. The molecule has 2 fully saturated rings. The number of ether oxygens (including phenoxy) is 2. The summed E-state index contributed by atoms with van der Waals surface area (Å²) in [6.45, 7) is 1.29. The van der Waals surface area contributed by atoms with Gasteiger partial charge in [0.15, 0.2) is 0 Å². The molecule has 0 saturated carbocycles. The summed E-state index contributed by atoms with van der Waals surface area (Å²) in [7, 11) is 3.25. The number of halogens is 1. The minimum atomic E-state index is -0.102. The van der Waals surface area contributed by atoms with Crippen LogP contribution in [0.15, 0.2) is 36.4 Å². The second kappa shape index (κ2) is 8.56. The van der Waals surface area contributed by atoms with Gasteiger partial charge in [-0.15, -0.1) is 0 Å². The van der Waals surface area contributed by atoms with Gasteiger partial charge < -0.3 is 19.3 Å². The summed E-state index contributed by atoms with van der Waals surface area (Å²) in [6, 6.07) is 10.7. The van der Waals surface area contributed by atoms with Crippen molar-refractivity contribution in [2.75, 3.05) is 32.2 Å². The predicted octanol–water partition coefficient (Wildman–Crippen LogP) is 4.46. The summed E-state index contributed by atoms with van der Waals surface area (Å²) >= 11 is 6.35. The maximum Gasteiger partial charge on any atom is 0.254 e. The Morgan fingerprint density at radius 1 is 1.07 bits per heavy atom. The Labute approximate surface area is 181 Å². The molecule has 2 aromatic carbocycles. The van der Waals surface area contributed by atoms with E-state index in [0.29, 0.717) is 35.8 Å². The molecule has 2 aliphatic heterocycles. The van der Waals surface area contributed by atoms with Crippen molar-refractivity contribution in [1.29, 1.82) is 0 Å². The lowest BCUT2D eigenvalue weighted by molar-refractivity contribution is -0.117. The van der Waals surface area contributed by atoms with Gasteiger partial charge in [0, 0.05) is 30.6 Å². The van der Waals surface area contributed by atoms with Gasteiger partial charge in [-0.25, -0.2) is 0 Å². The Balaban J connectivity index is 1.66. The molecule has 0 N–H and O–H groups in total. The van der Waals surface area contributed by atoms with Crippen molar-refractivity contribution < 1.29 is 19.1 Å². The standard InChI is InChI=1S/C23H25ClN2O4/c1-29-16-8-10-21(30-2)17(14-16)19-5-3-12-26(19)23(28)15-7-9-18(24)20(13-15)25-11-4-6-22(25)27/h7-10,13-14,19H,3-6,11-12H2,1-2H3/t19-/m0/s1. The molecule has 0 aliphatic carbocycles. The van der Waals surface area contributed by atoms with Crippen LogP contribution in [0.5, 0.6) is 11.5 Å². The number of carbonyl (C=O) groups is 2. The second-order valence-corrected chi connectivity index (χ2v) is 7.99. The molecule has 2 saturated heterocycles. The first-order valence-electron chi connectivity index (χ1n) is 10.2. The van der Waals surface area contributed by atoms with Gasteiger partial charge in [-0.3, -0.25) is 9.59 Å². The van der Waals surface area contributed by atoms with Crippen LogP contribution in [0.25, 0.3) is 0 Å². The molecule has 158 valence electrons. The van der Waals surface area contributed by atoms with E-state index in [-0.39, 0.29) is 17.9 Å². The van der Waals surface area contributed by atoms with Crippen molar-refractivity contribution in [1.82, 2.24) is 4.90 Å². The number of carbonyl (C=O) groups excluding carboxylic acids is 2. The molecule has 0 unspecified atom stereocenters. The fourth-order valence-electron chi connectivity index (χ4n) is 4.35. The van der Waals surface area contributed by atoms with Gasteiger partial charge in [-0.1, -0.05) is 11.6 Å². The third-order valence-corrected chi connectivity index (χ3v) is 6.19. The van der Waals surface area contributed by atoms with E-state index < -0.39 is 0 Å². The maximum atomic E-state index is 13.5. The quantitative estimate of drug-likeness (QED) is 0.705. The number of benzene rings is 2. The zero-order valence-electron chi connectivity index (χ0n) is 17.2. The Hall–Kier alpha value is -2.73. The molecule has 4 rings (SSSR count). The van der Waals surface area contributed by atoms with Gasteiger partial charge >= 0.3 is 0 Å². The van der Waals surface area contributed by atoms with Gasteiger partial charge in [-0.05, 0) is 55.7 Å². The Bertz CT molecular complexity index is 978. The van der Waals surface area contributed by atoms with Gasteiger partial charge in [0.2, 0.25) is 5.91 Å². The third-order valence-electron chi connectivity index (χ3n) is 5.87. The molecule has 7 heteroatoms. The van der Waals surface area contributed by atoms with Crippen LogP contribution in [0.2, 0.25) is 5.02 Å². The summed E-state index contributed by atoms with van der Waals surface area (Å²) in [5.74, 6) is 1.43. The number of likely N-dealkylation sites (tertiary alicyclic amines) is 1. The number of amides is 2. The van der Waals surface area contributed by atoms with Crippen LogP contribution in [0.4, 0.5) is 5.69 Å². The number of anilines is 1. The highest BCUT2D eigenvalue weighted by atomic mass is 35.5. The average molecular weight is 429 g/mol. The monoisotopic (exact) mass is 428 g/mol. The molecule has 6 nitrogen and oxygen atoms in total. The summed E-state index contributed by atoms with van der Waals surface area (Å²) in [6.07, 6.45) is 3.07. The number of hydrogen-bond acceptors (Lipinski definition) is 4. The van der Waals surface area contributed by atoms with E-state index in [1.165, 1.54) is 0 Å². The molecule has 0 aromatic heterocycles. The van der Waals surface area contributed by atoms with E-state index in [4.69, 9.17) is 21.1 Å². The van der Waals surface area contributed by atoms with Crippen molar-refractivity contribution in [3.05, 3.63) is 52.5 Å². The van der Waals surface area contributed by atoms with E-state index in [9.17, 15) is 9.59 Å². The van der Waals surface area contributed by atoms with Gasteiger partial charge in [0.05, 0.1) is 31.0 Å². The molecule has 0 bridgehead atoms. The van der Waals surface area contributed by atoms with Crippen LogP contribution >= 0.6 is 11.6 Å². The normalized spacial score (nSPS) is 18.8. The van der Waals surface area contributed by atoms with Crippen LogP contribution in [0.1, 0.15) is 47.6 Å². The van der Waals surface area contributed by atoms with E-state index in [1.807, 2.05) is 23.1 Å². The smallest absolute Gasteiger partial charge is 0.254 e. The van der Waals surface area contributed by atoms with Crippen LogP contribution < -0.4 is 14.4 Å². The lowest BCUT2D eigenvalue weighted by Gasteiger charge is -2.27. The molecule has 2 heterocycles. The highest BCUT2D eigenvalue weighted by Crippen LogP contribution is 2.40. The zero-order valence-corrected chi connectivity index (χ0v) is 17.9. The number of hydrogen-bond donors (Lipinski definition) is 0. The van der Waals surface area contributed by atoms with Crippen LogP contribution in [-0.4, -0.2) is 44.0 Å². The van der Waals surface area contributed by atoms with E-state index in [2.05, 4.69) is 0 Å². The zero-order chi connectivity index (χ0) is 21.3. The van der Waals surface area contributed by atoms with E-state index >= 15 is 0 Å². The minimum Gasteiger partial charge on any atom is -0.497 e. The van der Waals surface area contributed by atoms with Crippen molar-refractivity contribution in [2.45, 2.75) is 31.7 Å². The highest BCUT2D eigenvalue weighted by Gasteiger charge is 2.33. The topological polar surface area (TPSA) is 59.1 Å². The molecule has 2 amide bonds. The van der Waals surface area contributed by atoms with Gasteiger partial charge in [0.1, 0.15) is 11.5 Å². The Morgan fingerprint density at radius 2 is 1.90 bits per heavy atom. The second-order valence-electron chi connectivity index (χ2n) is 7.58. The summed E-state index contributed by atoms with van der Waals surface area (Å²) in [5.41, 5.74) is 2.08. The first kappa shape index (κ1) is 20.5. The molecular formula is C23H25ClN2O4. The minimum absolute atomic E-state index is 0.0432. The molecular weight excluding hydrogens is 404 g/mol. The van der Waals surface area contributed by atoms with E-state index in [1.54, 1.807) is 37.3 Å². The summed E-state index contributed by atoms with van der Waals surface area (Å²) in [4.78, 5) is 29.2. The van der Waals surface area contributed by atoms with Gasteiger partial charge in [0.25, 0.3) is 5.91 Å². The van der Waals surface area contributed by atoms with Crippen molar-refractivity contribution in [3.63, 3.8) is 0 Å². The van der Waals surface area contributed by atoms with Gasteiger partial charge in [-0.2, -0.15) is 0 Å². The van der Waals surface area contributed by atoms with Crippen molar-refractivity contribution in [3.8, 4) is 11.5 Å². The fourth-order valence-corrected chi connectivity index (χ4v) is 4.57. The predicted molar refractivity (Wildman–Crippen MR) is 116 cm³/mol. The number of rotatable bonds is 5. The lowest BCUT2D eigenvalue weighted by atomic mass is 10.0. The summed E-state index contributed by atoms with van der Waals surface area (Å²) < 4.78 is 10.9. The molecule has 2 aromatic rings. The highest BCUT2D eigenvalue weighted by molar-refractivity contribution is 6.34. The largest absolute Gasteiger partial charge is 0.497 e. The molecule has 0 radical (unpaired) electrons. The van der Waals surface area contributed by atoms with Crippen molar-refractivity contribution in [2.24, 2.45) is 0 Å². The number of methoxy groups -OCH3 is 2. The van der Waals surface area contributed by atoms with Crippen LogP contribution in [-0.2, 0) is 4.79 Å². The Kier molecular flexibility index (Phi) is 5.86. The third kappa shape index (κ3) is 3.72. The lowest BCUT2D eigenvalue weighted by Crippen LogP contribution is -2.31. The maximum absolute atomic E-state index is 13.5. The van der Waals surface area contributed by atoms with E-state index in [0.717, 1.165) is 36.3 Å². The molecule has 2 aliphatic rings. The first-order valence-corrected chi connectivity index (χ1v) is 10.5. The number of nitrogens with zero attached hydrogens (tertiary/aromatic N) is 2. The average Bonchev–Trinajstić information content (AvgIpc) is 3.42. The Morgan fingerprint density at radius 3 is 2.60 bits per heavy atom. The van der Waals surface area contributed by atoms with Crippen molar-refractivity contribution >= 4 is 29.1 Å². The summed E-state index contributed by atoms with van der Waals surface area (Å²) in [5, 5.41) is 0.481. The molecule has 1 atom stereocenters.